The molecule has 0 saturated heterocycles. The molecule has 1 heterocycles. The molecular weight excluding hydrogens is 333 g/mol. The fourth-order valence-corrected chi connectivity index (χ4v) is 5.16. The highest BCUT2D eigenvalue weighted by molar-refractivity contribution is 7.38. The molecule has 0 aliphatic heterocycles. The standard InChI is InChI=1S/C15H26N3O3PS/c1-3-7-11(22(20)21)10-15(8-5-6-9-15)13(19)16-14-18-17-12(4-2)23-14/h11,22H,3-10H2,1-2H3,(H,20,21)(H,16,18,19)/t11-/m1/s1. The van der Waals surface area contributed by atoms with Crippen LogP contribution in [0.5, 0.6) is 0 Å². The summed E-state index contributed by atoms with van der Waals surface area (Å²) in [6, 6.07) is 0. The Kier molecular flexibility index (Phi) is 6.74. The SMILES string of the molecule is CCC[C@H](CC1(C(=O)Nc2nnc(CC)s2)CCCC1)[PH](=O)O. The van der Waals surface area contributed by atoms with Crippen molar-refractivity contribution in [2.75, 3.05) is 5.32 Å². The van der Waals surface area contributed by atoms with Gasteiger partial charge in [0.15, 0.2) is 8.03 Å². The zero-order chi connectivity index (χ0) is 16.9. The number of rotatable bonds is 8. The first kappa shape index (κ1) is 18.6. The maximum atomic E-state index is 12.9. The molecule has 1 amide bonds. The van der Waals surface area contributed by atoms with E-state index in [1.54, 1.807) is 0 Å². The smallest absolute Gasteiger partial charge is 0.232 e. The largest absolute Gasteiger partial charge is 0.346 e. The summed E-state index contributed by atoms with van der Waals surface area (Å²) in [5, 5.41) is 12.4. The second kappa shape index (κ2) is 8.36. The Morgan fingerprint density at radius 3 is 2.61 bits per heavy atom. The minimum atomic E-state index is -2.62. The van der Waals surface area contributed by atoms with Crippen molar-refractivity contribution in [3.8, 4) is 0 Å². The monoisotopic (exact) mass is 359 g/mol. The summed E-state index contributed by atoms with van der Waals surface area (Å²) in [5.41, 5.74) is -0.796. The number of aromatic nitrogens is 2. The third-order valence-electron chi connectivity index (χ3n) is 4.66. The highest BCUT2D eigenvalue weighted by Gasteiger charge is 2.43. The number of hydrogen-bond donors (Lipinski definition) is 2. The summed E-state index contributed by atoms with van der Waals surface area (Å²) in [6.07, 6.45) is 6.41. The fraction of sp³-hybridized carbons (Fsp3) is 0.800. The highest BCUT2D eigenvalue weighted by Crippen LogP contribution is 2.47. The molecule has 0 spiro atoms. The predicted octanol–water partition coefficient (Wildman–Crippen LogP) is 3.63. The van der Waals surface area contributed by atoms with Gasteiger partial charge in [-0.3, -0.25) is 9.36 Å². The Morgan fingerprint density at radius 1 is 1.39 bits per heavy atom. The van der Waals surface area contributed by atoms with Crippen LogP contribution < -0.4 is 5.32 Å². The van der Waals surface area contributed by atoms with Gasteiger partial charge in [-0.05, 0) is 32.1 Å². The molecular formula is C15H26N3O3PS. The predicted molar refractivity (Wildman–Crippen MR) is 93.4 cm³/mol. The highest BCUT2D eigenvalue weighted by atomic mass is 32.1. The minimum Gasteiger partial charge on any atom is -0.346 e. The normalized spacial score (nSPS) is 19.4. The second-order valence-corrected chi connectivity index (χ2v) is 8.88. The van der Waals surface area contributed by atoms with Crippen molar-refractivity contribution in [2.24, 2.45) is 5.41 Å². The van der Waals surface area contributed by atoms with Crippen molar-refractivity contribution in [2.45, 2.75) is 70.9 Å². The van der Waals surface area contributed by atoms with E-state index in [0.29, 0.717) is 18.0 Å². The van der Waals surface area contributed by atoms with E-state index in [4.69, 9.17) is 0 Å². The van der Waals surface area contributed by atoms with Gasteiger partial charge >= 0.3 is 0 Å². The summed E-state index contributed by atoms with van der Waals surface area (Å²) in [7, 11) is -2.62. The van der Waals surface area contributed by atoms with E-state index < -0.39 is 13.4 Å². The van der Waals surface area contributed by atoms with Crippen molar-refractivity contribution in [1.82, 2.24) is 10.2 Å². The summed E-state index contributed by atoms with van der Waals surface area (Å²) in [5.74, 6) is -0.0573. The van der Waals surface area contributed by atoms with Crippen LogP contribution in [-0.4, -0.2) is 26.7 Å². The third-order valence-corrected chi connectivity index (χ3v) is 6.83. The Hall–Kier alpha value is -0.780. The number of aryl methyl sites for hydroxylation is 1. The first-order valence-electron chi connectivity index (χ1n) is 8.37. The average molecular weight is 359 g/mol. The lowest BCUT2D eigenvalue weighted by molar-refractivity contribution is -0.125. The van der Waals surface area contributed by atoms with Gasteiger partial charge in [0.05, 0.1) is 5.41 Å². The molecule has 23 heavy (non-hydrogen) atoms. The van der Waals surface area contributed by atoms with Crippen molar-refractivity contribution < 1.29 is 14.3 Å². The molecule has 0 bridgehead atoms. The molecule has 0 aromatic carbocycles. The third kappa shape index (κ3) is 4.61. The number of hydrogen-bond acceptors (Lipinski definition) is 5. The van der Waals surface area contributed by atoms with E-state index in [1.807, 2.05) is 13.8 Å². The van der Waals surface area contributed by atoms with E-state index in [1.165, 1.54) is 11.3 Å². The molecule has 1 aliphatic carbocycles. The molecule has 1 unspecified atom stereocenters. The van der Waals surface area contributed by atoms with E-state index in [0.717, 1.165) is 43.5 Å². The van der Waals surface area contributed by atoms with Crippen molar-refractivity contribution >= 4 is 30.4 Å². The van der Waals surface area contributed by atoms with E-state index in [2.05, 4.69) is 15.5 Å². The number of anilines is 1. The van der Waals surface area contributed by atoms with Gasteiger partial charge in [0.25, 0.3) is 0 Å². The van der Waals surface area contributed by atoms with Gasteiger partial charge in [0.2, 0.25) is 11.0 Å². The molecule has 130 valence electrons. The van der Waals surface area contributed by atoms with Gasteiger partial charge in [0.1, 0.15) is 5.01 Å². The Morgan fingerprint density at radius 2 is 2.09 bits per heavy atom. The first-order chi connectivity index (χ1) is 11.0. The molecule has 8 heteroatoms. The van der Waals surface area contributed by atoms with Crippen LogP contribution in [0.1, 0.15) is 63.8 Å². The molecule has 1 aliphatic rings. The fourth-order valence-electron chi connectivity index (χ4n) is 3.39. The van der Waals surface area contributed by atoms with Gasteiger partial charge < -0.3 is 10.2 Å². The van der Waals surface area contributed by atoms with Crippen LogP contribution in [0, 0.1) is 5.41 Å². The molecule has 1 saturated carbocycles. The van der Waals surface area contributed by atoms with E-state index in [9.17, 15) is 14.3 Å². The lowest BCUT2D eigenvalue weighted by Crippen LogP contribution is -2.36. The molecule has 1 fully saturated rings. The van der Waals surface area contributed by atoms with Crippen LogP contribution in [0.15, 0.2) is 0 Å². The van der Waals surface area contributed by atoms with Crippen LogP contribution >= 0.6 is 19.4 Å². The molecule has 1 aromatic rings. The van der Waals surface area contributed by atoms with Gasteiger partial charge in [0, 0.05) is 5.66 Å². The topological polar surface area (TPSA) is 92.2 Å². The van der Waals surface area contributed by atoms with E-state index in [-0.39, 0.29) is 11.6 Å². The summed E-state index contributed by atoms with van der Waals surface area (Å²) >= 11 is 1.40. The maximum absolute atomic E-state index is 12.9. The van der Waals surface area contributed by atoms with Crippen molar-refractivity contribution in [1.29, 1.82) is 0 Å². The summed E-state index contributed by atoms with van der Waals surface area (Å²) in [6.45, 7) is 4.01. The zero-order valence-electron chi connectivity index (χ0n) is 13.8. The Bertz CT molecular complexity index is 558. The lowest BCUT2D eigenvalue weighted by atomic mass is 9.79. The Balaban J connectivity index is 2.12. The lowest BCUT2D eigenvalue weighted by Gasteiger charge is -2.30. The zero-order valence-corrected chi connectivity index (χ0v) is 15.6. The first-order valence-corrected chi connectivity index (χ1v) is 10.6. The van der Waals surface area contributed by atoms with Crippen LogP contribution in [0.2, 0.25) is 0 Å². The van der Waals surface area contributed by atoms with Crippen molar-refractivity contribution in [3.63, 3.8) is 0 Å². The minimum absolute atomic E-state index is 0.0573. The number of nitrogens with zero attached hydrogens (tertiary/aromatic N) is 2. The average Bonchev–Trinajstić information content (AvgIpc) is 3.16. The number of carbonyl (C=O) groups excluding carboxylic acids is 1. The second-order valence-electron chi connectivity index (χ2n) is 6.32. The van der Waals surface area contributed by atoms with Gasteiger partial charge in [-0.15, -0.1) is 10.2 Å². The van der Waals surface area contributed by atoms with Crippen molar-refractivity contribution in [3.05, 3.63) is 5.01 Å². The van der Waals surface area contributed by atoms with Crippen LogP contribution in [-0.2, 0) is 15.8 Å². The van der Waals surface area contributed by atoms with E-state index >= 15 is 0 Å². The molecule has 2 rings (SSSR count). The van der Waals surface area contributed by atoms with Gasteiger partial charge in [-0.2, -0.15) is 0 Å². The molecule has 6 nitrogen and oxygen atoms in total. The molecule has 1 aromatic heterocycles. The quantitative estimate of drug-likeness (QED) is 0.692. The molecule has 2 atom stereocenters. The van der Waals surface area contributed by atoms with Gasteiger partial charge in [-0.1, -0.05) is 44.4 Å². The van der Waals surface area contributed by atoms with Gasteiger partial charge in [-0.25, -0.2) is 0 Å². The number of carbonyl (C=O) groups is 1. The Labute approximate surface area is 142 Å². The van der Waals surface area contributed by atoms with Crippen LogP contribution in [0.4, 0.5) is 5.13 Å². The summed E-state index contributed by atoms with van der Waals surface area (Å²) in [4.78, 5) is 22.5. The van der Waals surface area contributed by atoms with Crippen LogP contribution in [0.25, 0.3) is 0 Å². The van der Waals surface area contributed by atoms with Crippen LogP contribution in [0.3, 0.4) is 0 Å². The summed E-state index contributed by atoms with van der Waals surface area (Å²) < 4.78 is 11.7. The number of amides is 1. The molecule has 2 N–H and O–H groups in total. The number of nitrogens with one attached hydrogen (secondary N) is 1. The maximum Gasteiger partial charge on any atom is 0.232 e. The molecule has 0 radical (unpaired) electrons.